The molecule has 2 aromatic rings. The van der Waals surface area contributed by atoms with Gasteiger partial charge in [0.25, 0.3) is 0 Å². The van der Waals surface area contributed by atoms with Crippen molar-refractivity contribution >= 4 is 11.3 Å². The fourth-order valence-electron chi connectivity index (χ4n) is 0.876. The molecule has 2 heteroatoms. The van der Waals surface area contributed by atoms with Crippen LogP contribution in [-0.2, 0) is 0 Å². The van der Waals surface area contributed by atoms with E-state index in [0.29, 0.717) is 5.75 Å². The third kappa shape index (κ3) is 3.62. The lowest BCUT2D eigenvalue weighted by Crippen LogP contribution is -1.61. The largest absolute Gasteiger partial charge is 0.508 e. The van der Waals surface area contributed by atoms with Gasteiger partial charge in [0.05, 0.1) is 0 Å². The van der Waals surface area contributed by atoms with Gasteiger partial charge >= 0.3 is 0 Å². The minimum absolute atomic E-state index is 0.322. The summed E-state index contributed by atoms with van der Waals surface area (Å²) >= 11 is 1.80. The Morgan fingerprint density at radius 2 is 1.64 bits per heavy atom. The fraction of sp³-hybridized carbons (Fsp3) is 0.167. The first-order valence-corrected chi connectivity index (χ1v) is 5.33. The predicted molar refractivity (Wildman–Crippen MR) is 61.9 cm³/mol. The molecule has 74 valence electrons. The van der Waals surface area contributed by atoms with Gasteiger partial charge in [0.15, 0.2) is 0 Å². The van der Waals surface area contributed by atoms with Crippen LogP contribution < -0.4 is 0 Å². The predicted octanol–water partition coefficient (Wildman–Crippen LogP) is 3.76. The van der Waals surface area contributed by atoms with Gasteiger partial charge in [0, 0.05) is 4.88 Å². The summed E-state index contributed by atoms with van der Waals surface area (Å²) in [4.78, 5) is 1.43. The van der Waals surface area contributed by atoms with Gasteiger partial charge in [-0.1, -0.05) is 18.2 Å². The molecule has 0 aliphatic carbocycles. The van der Waals surface area contributed by atoms with Crippen molar-refractivity contribution in [3.8, 4) is 5.75 Å². The van der Waals surface area contributed by atoms with Crippen LogP contribution >= 0.6 is 11.3 Å². The van der Waals surface area contributed by atoms with Crippen LogP contribution in [0.2, 0.25) is 0 Å². The maximum Gasteiger partial charge on any atom is 0.115 e. The number of phenolic OH excluding ortho intramolecular Hbond substituents is 1. The topological polar surface area (TPSA) is 20.2 Å². The molecule has 0 aliphatic rings. The second-order valence-corrected chi connectivity index (χ2v) is 4.12. The number of hydrogen-bond donors (Lipinski definition) is 1. The number of thiophene rings is 1. The number of phenols is 1. The Labute approximate surface area is 88.7 Å². The third-order valence-corrected chi connectivity index (χ3v) is 2.82. The summed E-state index contributed by atoms with van der Waals surface area (Å²) in [6.07, 6.45) is 0. The first kappa shape index (κ1) is 10.8. The van der Waals surface area contributed by atoms with Gasteiger partial charge in [-0.3, -0.25) is 0 Å². The van der Waals surface area contributed by atoms with Crippen LogP contribution in [0.5, 0.6) is 5.75 Å². The maximum atomic E-state index is 8.63. The molecule has 1 aromatic carbocycles. The van der Waals surface area contributed by atoms with E-state index in [4.69, 9.17) is 5.11 Å². The summed E-state index contributed by atoms with van der Waals surface area (Å²) in [5.41, 5.74) is 1.41. The highest BCUT2D eigenvalue weighted by atomic mass is 32.1. The van der Waals surface area contributed by atoms with Crippen LogP contribution in [0.25, 0.3) is 0 Å². The summed E-state index contributed by atoms with van der Waals surface area (Å²) in [7, 11) is 0. The van der Waals surface area contributed by atoms with Crippen LogP contribution in [0.15, 0.2) is 41.8 Å². The Morgan fingerprint density at radius 1 is 1.00 bits per heavy atom. The fourth-order valence-corrected chi connectivity index (χ4v) is 1.61. The van der Waals surface area contributed by atoms with Crippen molar-refractivity contribution in [3.63, 3.8) is 0 Å². The molecule has 0 saturated carbocycles. The minimum Gasteiger partial charge on any atom is -0.508 e. The van der Waals surface area contributed by atoms with Crippen molar-refractivity contribution in [3.05, 3.63) is 52.2 Å². The molecular formula is C12H14OS. The number of hydrogen-bond acceptors (Lipinski definition) is 2. The molecule has 1 N–H and O–H groups in total. The Bertz CT molecular complexity index is 348. The van der Waals surface area contributed by atoms with E-state index in [-0.39, 0.29) is 0 Å². The van der Waals surface area contributed by atoms with E-state index in [1.165, 1.54) is 10.4 Å². The lowest BCUT2D eigenvalue weighted by atomic mass is 10.3. The normalized spacial score (nSPS) is 9.00. The summed E-state index contributed by atoms with van der Waals surface area (Å²) < 4.78 is 0. The first-order chi connectivity index (χ1) is 6.70. The summed E-state index contributed by atoms with van der Waals surface area (Å²) in [6, 6.07) is 10.9. The smallest absolute Gasteiger partial charge is 0.115 e. The van der Waals surface area contributed by atoms with Crippen LogP contribution in [0.3, 0.4) is 0 Å². The molecule has 0 atom stereocenters. The monoisotopic (exact) mass is 206 g/mol. The molecule has 14 heavy (non-hydrogen) atoms. The van der Waals surface area contributed by atoms with Crippen molar-refractivity contribution < 1.29 is 5.11 Å². The SMILES string of the molecule is Cc1ccsc1C.Oc1ccccc1. The van der Waals surface area contributed by atoms with Gasteiger partial charge in [-0.05, 0) is 43.0 Å². The third-order valence-electron chi connectivity index (χ3n) is 1.87. The maximum absolute atomic E-state index is 8.63. The molecule has 0 unspecified atom stereocenters. The molecule has 0 bridgehead atoms. The van der Waals surface area contributed by atoms with Gasteiger partial charge in [0.2, 0.25) is 0 Å². The zero-order valence-electron chi connectivity index (χ0n) is 8.40. The lowest BCUT2D eigenvalue weighted by molar-refractivity contribution is 0.475. The standard InChI is InChI=1S/C6H6O.C6H8S/c7-6-4-2-1-3-5-6;1-5-3-4-7-6(5)2/h1-5,7H;3-4H,1-2H3. The van der Waals surface area contributed by atoms with Crippen LogP contribution in [-0.4, -0.2) is 5.11 Å². The van der Waals surface area contributed by atoms with E-state index < -0.39 is 0 Å². The zero-order chi connectivity index (χ0) is 10.4. The molecule has 0 radical (unpaired) electrons. The highest BCUT2D eigenvalue weighted by molar-refractivity contribution is 7.10. The second kappa shape index (κ2) is 5.45. The number of aromatic hydroxyl groups is 1. The Kier molecular flexibility index (Phi) is 4.20. The summed E-state index contributed by atoms with van der Waals surface area (Å²) in [5, 5.41) is 10.7. The number of aryl methyl sites for hydroxylation is 2. The van der Waals surface area contributed by atoms with Crippen molar-refractivity contribution in [2.45, 2.75) is 13.8 Å². The van der Waals surface area contributed by atoms with Crippen molar-refractivity contribution in [2.75, 3.05) is 0 Å². The average Bonchev–Trinajstić information content (AvgIpc) is 2.53. The van der Waals surface area contributed by atoms with Gasteiger partial charge in [-0.25, -0.2) is 0 Å². The van der Waals surface area contributed by atoms with Crippen LogP contribution in [0, 0.1) is 13.8 Å². The number of benzene rings is 1. The van der Waals surface area contributed by atoms with E-state index in [1.54, 1.807) is 35.6 Å². The highest BCUT2D eigenvalue weighted by Gasteiger charge is 1.87. The van der Waals surface area contributed by atoms with E-state index in [0.717, 1.165) is 0 Å². The molecule has 1 aromatic heterocycles. The first-order valence-electron chi connectivity index (χ1n) is 4.45. The van der Waals surface area contributed by atoms with E-state index in [2.05, 4.69) is 25.3 Å². The molecule has 0 amide bonds. The zero-order valence-corrected chi connectivity index (χ0v) is 9.21. The second-order valence-electron chi connectivity index (χ2n) is 3.00. The van der Waals surface area contributed by atoms with Gasteiger partial charge in [-0.15, -0.1) is 11.3 Å². The van der Waals surface area contributed by atoms with E-state index in [9.17, 15) is 0 Å². The molecular weight excluding hydrogens is 192 g/mol. The van der Waals surface area contributed by atoms with Gasteiger partial charge in [-0.2, -0.15) is 0 Å². The molecule has 0 fully saturated rings. The lowest BCUT2D eigenvalue weighted by Gasteiger charge is -1.82. The molecule has 1 nitrogen and oxygen atoms in total. The van der Waals surface area contributed by atoms with Crippen LogP contribution in [0.4, 0.5) is 0 Å². The molecule has 0 saturated heterocycles. The van der Waals surface area contributed by atoms with E-state index in [1.807, 2.05) is 6.07 Å². The van der Waals surface area contributed by atoms with Gasteiger partial charge in [0.1, 0.15) is 5.75 Å². The molecule has 2 rings (SSSR count). The highest BCUT2D eigenvalue weighted by Crippen LogP contribution is 2.12. The Balaban J connectivity index is 0.000000140. The number of para-hydroxylation sites is 1. The number of rotatable bonds is 0. The molecule has 0 spiro atoms. The average molecular weight is 206 g/mol. The molecule has 1 heterocycles. The Morgan fingerprint density at radius 3 is 1.86 bits per heavy atom. The molecule has 0 aliphatic heterocycles. The van der Waals surface area contributed by atoms with Crippen molar-refractivity contribution in [2.24, 2.45) is 0 Å². The van der Waals surface area contributed by atoms with E-state index >= 15 is 0 Å². The summed E-state index contributed by atoms with van der Waals surface area (Å²) in [6.45, 7) is 4.27. The van der Waals surface area contributed by atoms with Crippen molar-refractivity contribution in [1.29, 1.82) is 0 Å². The van der Waals surface area contributed by atoms with Crippen LogP contribution in [0.1, 0.15) is 10.4 Å². The Hall–Kier alpha value is -1.28. The van der Waals surface area contributed by atoms with Crippen molar-refractivity contribution in [1.82, 2.24) is 0 Å². The van der Waals surface area contributed by atoms with Gasteiger partial charge < -0.3 is 5.11 Å². The summed E-state index contributed by atoms with van der Waals surface area (Å²) in [5.74, 6) is 0.322. The quantitative estimate of drug-likeness (QED) is 0.696. The minimum atomic E-state index is 0.322.